The van der Waals surface area contributed by atoms with Crippen LogP contribution in [0.3, 0.4) is 0 Å². The van der Waals surface area contributed by atoms with E-state index in [1.165, 1.54) is 0 Å². The summed E-state index contributed by atoms with van der Waals surface area (Å²) in [5.41, 5.74) is 2.01. The second kappa shape index (κ2) is 8.38. The van der Waals surface area contributed by atoms with Crippen LogP contribution in [-0.4, -0.2) is 24.6 Å². The van der Waals surface area contributed by atoms with Crippen molar-refractivity contribution in [3.8, 4) is 11.5 Å². The topological polar surface area (TPSA) is 76.7 Å². The lowest BCUT2D eigenvalue weighted by Crippen LogP contribution is -2.44. The van der Waals surface area contributed by atoms with Crippen LogP contribution in [0.25, 0.3) is 0 Å². The maximum atomic E-state index is 12.1. The molecule has 1 heterocycles. The summed E-state index contributed by atoms with van der Waals surface area (Å²) < 4.78 is 10.6. The van der Waals surface area contributed by atoms with Gasteiger partial charge in [-0.25, -0.2) is 0 Å². The van der Waals surface area contributed by atoms with Crippen LogP contribution in [0.4, 0.5) is 0 Å². The zero-order chi connectivity index (χ0) is 18.4. The fourth-order valence-electron chi connectivity index (χ4n) is 2.67. The van der Waals surface area contributed by atoms with Gasteiger partial charge in [0.1, 0.15) is 6.04 Å². The minimum absolute atomic E-state index is 0.162. The monoisotopic (exact) mass is 354 g/mol. The highest BCUT2D eigenvalue weighted by Crippen LogP contribution is 2.32. The van der Waals surface area contributed by atoms with Crippen LogP contribution >= 0.6 is 0 Å². The third-order valence-electron chi connectivity index (χ3n) is 4.16. The van der Waals surface area contributed by atoms with Crippen molar-refractivity contribution in [2.24, 2.45) is 0 Å². The molecule has 0 aliphatic carbocycles. The first-order chi connectivity index (χ1) is 12.6. The number of amides is 2. The number of rotatable bonds is 7. The molecule has 0 unspecified atom stereocenters. The third kappa shape index (κ3) is 4.75. The maximum absolute atomic E-state index is 12.1. The van der Waals surface area contributed by atoms with Crippen molar-refractivity contribution in [1.29, 1.82) is 0 Å². The standard InChI is InChI=1S/C20H22N2O4/c1-14(20(24)21-12-16-5-3-2-4-6-16)22-19(23)10-8-15-7-9-17-18(11-15)26-13-25-17/h2-7,9,11,14H,8,10,12-13H2,1H3,(H,21,24)(H,22,23)/t14-/m1/s1. The first-order valence-electron chi connectivity index (χ1n) is 8.61. The van der Waals surface area contributed by atoms with E-state index in [4.69, 9.17) is 9.47 Å². The molecule has 2 aromatic rings. The highest BCUT2D eigenvalue weighted by molar-refractivity contribution is 5.87. The highest BCUT2D eigenvalue weighted by atomic mass is 16.7. The Labute approximate surface area is 152 Å². The number of hydrogen-bond acceptors (Lipinski definition) is 4. The van der Waals surface area contributed by atoms with Gasteiger partial charge in [0.2, 0.25) is 18.6 Å². The Bertz CT molecular complexity index is 777. The predicted molar refractivity (Wildman–Crippen MR) is 96.8 cm³/mol. The molecule has 6 nitrogen and oxygen atoms in total. The van der Waals surface area contributed by atoms with E-state index in [0.717, 1.165) is 16.9 Å². The van der Waals surface area contributed by atoms with Gasteiger partial charge in [0.25, 0.3) is 0 Å². The van der Waals surface area contributed by atoms with Gasteiger partial charge in [-0.05, 0) is 36.6 Å². The van der Waals surface area contributed by atoms with Crippen LogP contribution in [0.2, 0.25) is 0 Å². The zero-order valence-electron chi connectivity index (χ0n) is 14.7. The Morgan fingerprint density at radius 1 is 1.04 bits per heavy atom. The molecule has 2 N–H and O–H groups in total. The van der Waals surface area contributed by atoms with Crippen LogP contribution in [0.1, 0.15) is 24.5 Å². The van der Waals surface area contributed by atoms with E-state index in [9.17, 15) is 9.59 Å². The lowest BCUT2D eigenvalue weighted by atomic mass is 10.1. The number of benzene rings is 2. The van der Waals surface area contributed by atoms with Gasteiger partial charge in [0.15, 0.2) is 11.5 Å². The molecule has 2 amide bonds. The Hall–Kier alpha value is -3.02. The van der Waals surface area contributed by atoms with Gasteiger partial charge in [-0.1, -0.05) is 36.4 Å². The first kappa shape index (κ1) is 17.8. The van der Waals surface area contributed by atoms with E-state index in [1.807, 2.05) is 48.5 Å². The van der Waals surface area contributed by atoms with Gasteiger partial charge < -0.3 is 20.1 Å². The van der Waals surface area contributed by atoms with E-state index in [0.29, 0.717) is 25.1 Å². The largest absolute Gasteiger partial charge is 0.454 e. The Morgan fingerprint density at radius 2 is 1.81 bits per heavy atom. The zero-order valence-corrected chi connectivity index (χ0v) is 14.7. The summed E-state index contributed by atoms with van der Waals surface area (Å²) in [7, 11) is 0. The van der Waals surface area contributed by atoms with Crippen LogP contribution in [0.15, 0.2) is 48.5 Å². The van der Waals surface area contributed by atoms with Crippen molar-refractivity contribution < 1.29 is 19.1 Å². The summed E-state index contributed by atoms with van der Waals surface area (Å²) in [6.07, 6.45) is 0.872. The molecular formula is C20H22N2O4. The van der Waals surface area contributed by atoms with E-state index < -0.39 is 6.04 Å². The summed E-state index contributed by atoms with van der Waals surface area (Å²) >= 11 is 0. The number of carbonyl (C=O) groups is 2. The summed E-state index contributed by atoms with van der Waals surface area (Å²) in [4.78, 5) is 24.2. The quantitative estimate of drug-likeness (QED) is 0.799. The van der Waals surface area contributed by atoms with Gasteiger partial charge in [-0.2, -0.15) is 0 Å². The molecule has 0 saturated carbocycles. The summed E-state index contributed by atoms with van der Waals surface area (Å²) in [5, 5.41) is 5.55. The van der Waals surface area contributed by atoms with Crippen molar-refractivity contribution in [1.82, 2.24) is 10.6 Å². The molecule has 0 fully saturated rings. The van der Waals surface area contributed by atoms with E-state index in [2.05, 4.69) is 10.6 Å². The second-order valence-electron chi connectivity index (χ2n) is 6.18. The number of hydrogen-bond donors (Lipinski definition) is 2. The fraction of sp³-hybridized carbons (Fsp3) is 0.300. The third-order valence-corrected chi connectivity index (χ3v) is 4.16. The van der Waals surface area contributed by atoms with Gasteiger partial charge in [-0.3, -0.25) is 9.59 Å². The smallest absolute Gasteiger partial charge is 0.242 e. The number of carbonyl (C=O) groups excluding carboxylic acids is 2. The van der Waals surface area contributed by atoms with Gasteiger partial charge in [0, 0.05) is 13.0 Å². The molecule has 1 atom stereocenters. The van der Waals surface area contributed by atoms with Crippen molar-refractivity contribution in [2.75, 3.05) is 6.79 Å². The average Bonchev–Trinajstić information content (AvgIpc) is 3.13. The van der Waals surface area contributed by atoms with Crippen molar-refractivity contribution in [3.05, 3.63) is 59.7 Å². The molecule has 6 heteroatoms. The second-order valence-corrected chi connectivity index (χ2v) is 6.18. The molecule has 0 spiro atoms. The molecule has 1 aliphatic rings. The van der Waals surface area contributed by atoms with Gasteiger partial charge in [-0.15, -0.1) is 0 Å². The average molecular weight is 354 g/mol. The fourth-order valence-corrected chi connectivity index (χ4v) is 2.67. The number of fused-ring (bicyclic) bond motifs is 1. The molecule has 0 aromatic heterocycles. The molecule has 2 aromatic carbocycles. The molecule has 0 radical (unpaired) electrons. The van der Waals surface area contributed by atoms with Gasteiger partial charge >= 0.3 is 0 Å². The van der Waals surface area contributed by atoms with Crippen molar-refractivity contribution in [3.63, 3.8) is 0 Å². The molecule has 136 valence electrons. The van der Waals surface area contributed by atoms with Crippen LogP contribution in [0, 0.1) is 0 Å². The Morgan fingerprint density at radius 3 is 2.62 bits per heavy atom. The van der Waals surface area contributed by atoms with Crippen LogP contribution in [-0.2, 0) is 22.6 Å². The van der Waals surface area contributed by atoms with Crippen molar-refractivity contribution >= 4 is 11.8 Å². The highest BCUT2D eigenvalue weighted by Gasteiger charge is 2.16. The summed E-state index contributed by atoms with van der Waals surface area (Å²) in [5.74, 6) is 1.06. The summed E-state index contributed by atoms with van der Waals surface area (Å²) in [6.45, 7) is 2.35. The molecular weight excluding hydrogens is 332 g/mol. The van der Waals surface area contributed by atoms with E-state index >= 15 is 0 Å². The first-order valence-corrected chi connectivity index (χ1v) is 8.61. The Balaban J connectivity index is 1.41. The molecule has 3 rings (SSSR count). The van der Waals surface area contributed by atoms with E-state index in [-0.39, 0.29) is 18.6 Å². The normalized spacial score (nSPS) is 13.1. The van der Waals surface area contributed by atoms with Crippen LogP contribution < -0.4 is 20.1 Å². The molecule has 0 saturated heterocycles. The molecule has 0 bridgehead atoms. The molecule has 26 heavy (non-hydrogen) atoms. The van der Waals surface area contributed by atoms with Crippen molar-refractivity contribution in [2.45, 2.75) is 32.4 Å². The summed E-state index contributed by atoms with van der Waals surface area (Å²) in [6, 6.07) is 14.7. The molecule has 1 aliphatic heterocycles. The minimum atomic E-state index is -0.581. The van der Waals surface area contributed by atoms with E-state index in [1.54, 1.807) is 6.92 Å². The number of ether oxygens (including phenoxy) is 2. The lowest BCUT2D eigenvalue weighted by molar-refractivity contribution is -0.128. The lowest BCUT2D eigenvalue weighted by Gasteiger charge is -2.14. The SMILES string of the molecule is C[C@@H](NC(=O)CCc1ccc2c(c1)OCO2)C(=O)NCc1ccccc1. The maximum Gasteiger partial charge on any atom is 0.242 e. The Kier molecular flexibility index (Phi) is 5.73. The number of aryl methyl sites for hydroxylation is 1. The van der Waals surface area contributed by atoms with Gasteiger partial charge in [0.05, 0.1) is 0 Å². The minimum Gasteiger partial charge on any atom is -0.454 e. The number of nitrogens with one attached hydrogen (secondary N) is 2. The predicted octanol–water partition coefficient (Wildman–Crippen LogP) is 2.17. The van der Waals surface area contributed by atoms with Crippen LogP contribution in [0.5, 0.6) is 11.5 Å².